The molecule has 1 nitrogen and oxygen atoms in total. The van der Waals surface area contributed by atoms with Crippen LogP contribution in [0.15, 0.2) is 11.1 Å². The van der Waals surface area contributed by atoms with E-state index in [0.717, 1.165) is 0 Å². The van der Waals surface area contributed by atoms with Crippen LogP contribution in [0.1, 0.15) is 34.6 Å². The van der Waals surface area contributed by atoms with Crippen molar-refractivity contribution in [1.82, 2.24) is 0 Å². The number of alkyl halides is 1. The highest BCUT2D eigenvalue weighted by Gasteiger charge is 2.58. The summed E-state index contributed by atoms with van der Waals surface area (Å²) in [6.45, 7) is 10.0. The Morgan fingerprint density at radius 1 is 1.25 bits per heavy atom. The zero-order valence-corrected chi connectivity index (χ0v) is 9.87. The monoisotopic (exact) mass is 230 g/mol. The van der Waals surface area contributed by atoms with E-state index in [1.807, 2.05) is 20.8 Å². The molecule has 1 saturated carbocycles. The van der Waals surface area contributed by atoms with Gasteiger partial charge in [-0.05, 0) is 40.2 Å². The fourth-order valence-corrected chi connectivity index (χ4v) is 3.82. The molecule has 0 radical (unpaired) electrons. The second-order valence-electron chi connectivity index (χ2n) is 4.33. The van der Waals surface area contributed by atoms with Gasteiger partial charge in [-0.25, -0.2) is 0 Å². The molecular formula is C10H15BrO. The molecule has 1 aliphatic rings. The van der Waals surface area contributed by atoms with Crippen molar-refractivity contribution in [3.05, 3.63) is 11.1 Å². The Labute approximate surface area is 82.4 Å². The highest BCUT2D eigenvalue weighted by Crippen LogP contribution is 2.55. The summed E-state index contributed by atoms with van der Waals surface area (Å²) < 4.78 is -0.394. The second kappa shape index (κ2) is 2.44. The molecule has 12 heavy (non-hydrogen) atoms. The Balaban J connectivity index is 3.21. The number of hydrogen-bond donors (Lipinski definition) is 0. The van der Waals surface area contributed by atoms with Gasteiger partial charge in [0.25, 0.3) is 0 Å². The third-order valence-corrected chi connectivity index (χ3v) is 3.35. The van der Waals surface area contributed by atoms with Crippen LogP contribution in [0.4, 0.5) is 0 Å². The number of ketones is 1. The summed E-state index contributed by atoms with van der Waals surface area (Å²) in [4.78, 5) is 11.6. The molecule has 0 amide bonds. The van der Waals surface area contributed by atoms with Gasteiger partial charge in [-0.15, -0.1) is 0 Å². The Bertz CT molecular complexity index is 248. The minimum absolute atomic E-state index is 0.253. The average molecular weight is 231 g/mol. The molecule has 0 aromatic rings. The summed E-state index contributed by atoms with van der Waals surface area (Å²) in [5.41, 5.74) is 2.23. The van der Waals surface area contributed by atoms with Crippen molar-refractivity contribution in [1.29, 1.82) is 0 Å². The maximum atomic E-state index is 11.6. The molecule has 0 bridgehead atoms. The van der Waals surface area contributed by atoms with Crippen LogP contribution in [-0.4, -0.2) is 10.1 Å². The molecule has 0 aromatic heterocycles. The van der Waals surface area contributed by atoms with Gasteiger partial charge in [-0.2, -0.15) is 0 Å². The minimum Gasteiger partial charge on any atom is -0.297 e. The maximum Gasteiger partial charge on any atom is 0.163 e. The molecule has 1 rings (SSSR count). The van der Waals surface area contributed by atoms with E-state index in [4.69, 9.17) is 0 Å². The first-order valence-corrected chi connectivity index (χ1v) is 4.94. The number of allylic oxidation sites excluding steroid dienone is 2. The van der Waals surface area contributed by atoms with Crippen molar-refractivity contribution in [2.45, 2.75) is 38.9 Å². The lowest BCUT2D eigenvalue weighted by atomic mass is 9.58. The summed E-state index contributed by atoms with van der Waals surface area (Å²) >= 11 is 3.46. The number of rotatable bonds is 0. The Morgan fingerprint density at radius 3 is 1.83 bits per heavy atom. The van der Waals surface area contributed by atoms with E-state index < -0.39 is 4.32 Å². The first-order chi connectivity index (χ1) is 5.22. The summed E-state index contributed by atoms with van der Waals surface area (Å²) in [6.07, 6.45) is 0. The predicted molar refractivity (Wildman–Crippen MR) is 54.5 cm³/mol. The lowest BCUT2D eigenvalue weighted by molar-refractivity contribution is -0.132. The topological polar surface area (TPSA) is 17.1 Å². The fraction of sp³-hybridized carbons (Fsp3) is 0.700. The molecule has 0 aromatic carbocycles. The molecule has 1 atom stereocenters. The van der Waals surface area contributed by atoms with E-state index in [1.54, 1.807) is 0 Å². The molecule has 1 fully saturated rings. The Morgan fingerprint density at radius 2 is 1.67 bits per heavy atom. The van der Waals surface area contributed by atoms with Crippen molar-refractivity contribution in [2.75, 3.05) is 0 Å². The highest BCUT2D eigenvalue weighted by atomic mass is 79.9. The van der Waals surface area contributed by atoms with E-state index in [0.29, 0.717) is 0 Å². The van der Waals surface area contributed by atoms with Crippen LogP contribution in [0.2, 0.25) is 0 Å². The van der Waals surface area contributed by atoms with E-state index >= 15 is 0 Å². The van der Waals surface area contributed by atoms with Gasteiger partial charge in [0.05, 0.1) is 0 Å². The zero-order chi connectivity index (χ0) is 9.73. The lowest BCUT2D eigenvalue weighted by Gasteiger charge is -2.49. The zero-order valence-electron chi connectivity index (χ0n) is 8.29. The molecule has 0 saturated heterocycles. The number of halogens is 1. The number of carbonyl (C=O) groups is 1. The van der Waals surface area contributed by atoms with Gasteiger partial charge in [0.15, 0.2) is 5.78 Å². The van der Waals surface area contributed by atoms with Crippen LogP contribution in [0.5, 0.6) is 0 Å². The van der Waals surface area contributed by atoms with E-state index in [-0.39, 0.29) is 11.2 Å². The van der Waals surface area contributed by atoms with Crippen molar-refractivity contribution in [3.63, 3.8) is 0 Å². The van der Waals surface area contributed by atoms with Crippen molar-refractivity contribution < 1.29 is 4.79 Å². The summed E-state index contributed by atoms with van der Waals surface area (Å²) in [5, 5.41) is 0. The lowest BCUT2D eigenvalue weighted by Crippen LogP contribution is -2.57. The summed E-state index contributed by atoms with van der Waals surface area (Å²) in [5.74, 6) is 0.284. The number of hydrogen-bond acceptors (Lipinski definition) is 1. The molecule has 0 N–H and O–H groups in total. The van der Waals surface area contributed by atoms with Crippen LogP contribution < -0.4 is 0 Å². The van der Waals surface area contributed by atoms with Crippen molar-refractivity contribution in [3.8, 4) is 0 Å². The van der Waals surface area contributed by atoms with Crippen LogP contribution in [0.3, 0.4) is 0 Å². The molecular weight excluding hydrogens is 216 g/mol. The largest absolute Gasteiger partial charge is 0.297 e. The van der Waals surface area contributed by atoms with Gasteiger partial charge in [-0.1, -0.05) is 21.5 Å². The number of Topliss-reactive ketones (excluding diaryl/α,β-unsaturated/α-hetero) is 1. The minimum atomic E-state index is -0.394. The first-order valence-electron chi connectivity index (χ1n) is 4.14. The van der Waals surface area contributed by atoms with E-state index in [2.05, 4.69) is 29.8 Å². The van der Waals surface area contributed by atoms with Crippen molar-refractivity contribution >= 4 is 21.7 Å². The maximum absolute atomic E-state index is 11.6. The molecule has 2 heteroatoms. The smallest absolute Gasteiger partial charge is 0.163 e. The van der Waals surface area contributed by atoms with Crippen molar-refractivity contribution in [2.24, 2.45) is 5.41 Å². The van der Waals surface area contributed by atoms with Crippen LogP contribution >= 0.6 is 15.9 Å². The molecule has 0 heterocycles. The van der Waals surface area contributed by atoms with Gasteiger partial charge in [0, 0.05) is 5.41 Å². The number of carbonyl (C=O) groups excluding carboxylic acids is 1. The molecule has 1 aliphatic carbocycles. The van der Waals surface area contributed by atoms with Gasteiger partial charge in [0.1, 0.15) is 4.32 Å². The average Bonchev–Trinajstić information content (AvgIpc) is 1.83. The molecule has 0 aliphatic heterocycles. The Hall–Kier alpha value is -0.110. The normalized spacial score (nSPS) is 33.2. The van der Waals surface area contributed by atoms with Gasteiger partial charge in [-0.3, -0.25) is 4.79 Å². The van der Waals surface area contributed by atoms with E-state index in [9.17, 15) is 4.79 Å². The van der Waals surface area contributed by atoms with E-state index in [1.165, 1.54) is 11.1 Å². The van der Waals surface area contributed by atoms with Crippen LogP contribution in [0, 0.1) is 5.41 Å². The molecule has 1 unspecified atom stereocenters. The SMILES string of the molecule is CC(C)=C1C(C)(C)C(=O)C1(C)Br. The third kappa shape index (κ3) is 1.00. The second-order valence-corrected chi connectivity index (χ2v) is 5.92. The quantitative estimate of drug-likeness (QED) is 0.462. The van der Waals surface area contributed by atoms with Crippen LogP contribution in [-0.2, 0) is 4.79 Å². The molecule has 68 valence electrons. The van der Waals surface area contributed by atoms with Gasteiger partial charge >= 0.3 is 0 Å². The first kappa shape index (κ1) is 9.97. The fourth-order valence-electron chi connectivity index (χ4n) is 2.43. The van der Waals surface area contributed by atoms with Gasteiger partial charge in [0.2, 0.25) is 0 Å². The summed E-state index contributed by atoms with van der Waals surface area (Å²) in [7, 11) is 0. The highest BCUT2D eigenvalue weighted by molar-refractivity contribution is 9.10. The van der Waals surface area contributed by atoms with Gasteiger partial charge < -0.3 is 0 Å². The Kier molecular flexibility index (Phi) is 2.03. The third-order valence-electron chi connectivity index (χ3n) is 2.59. The van der Waals surface area contributed by atoms with Crippen LogP contribution in [0.25, 0.3) is 0 Å². The molecule has 0 spiro atoms. The summed E-state index contributed by atoms with van der Waals surface area (Å²) in [6, 6.07) is 0. The standard InChI is InChI=1S/C10H15BrO/c1-6(2)7-9(3,4)8(12)10(7,5)11/h1-5H3. The predicted octanol–water partition coefficient (Wildman–Crippen LogP) is 3.09.